The Hall–Kier alpha value is -2.99. The average molecular weight is 575 g/mol. The van der Waals surface area contributed by atoms with E-state index in [2.05, 4.69) is 19.9 Å². The normalized spacial score (nSPS) is 28.1. The molecule has 1 aromatic carbocycles. The van der Waals surface area contributed by atoms with Crippen molar-refractivity contribution in [2.24, 2.45) is 5.92 Å². The van der Waals surface area contributed by atoms with Gasteiger partial charge in [0.2, 0.25) is 5.79 Å². The molecule has 1 aromatic rings. The number of ether oxygens (including phenoxy) is 3. The highest BCUT2D eigenvalue weighted by Gasteiger charge is 2.61. The van der Waals surface area contributed by atoms with Gasteiger partial charge in [-0.1, -0.05) is 56.7 Å². The number of hydrogen-bond donors (Lipinski definition) is 6. The molecule has 0 radical (unpaired) electrons. The van der Waals surface area contributed by atoms with Gasteiger partial charge in [-0.25, -0.2) is 4.79 Å². The molecule has 1 fully saturated rings. The van der Waals surface area contributed by atoms with Crippen LogP contribution in [0.2, 0.25) is 0 Å². The van der Waals surface area contributed by atoms with Crippen LogP contribution in [0.4, 0.5) is 0 Å². The molecular formula is C31H42O10. The number of aliphatic hydroxyl groups excluding tert-OH is 4. The fourth-order valence-electron chi connectivity index (χ4n) is 4.82. The van der Waals surface area contributed by atoms with Crippen molar-refractivity contribution < 1.29 is 49.6 Å². The zero-order chi connectivity index (χ0) is 30.2. The zero-order valence-corrected chi connectivity index (χ0v) is 23.7. The summed E-state index contributed by atoms with van der Waals surface area (Å²) in [5.41, 5.74) is 1.15. The summed E-state index contributed by atoms with van der Waals surface area (Å²) in [5.74, 6) is -2.89. The Balaban J connectivity index is 1.59. The molecule has 226 valence electrons. The van der Waals surface area contributed by atoms with Crippen LogP contribution in [-0.2, 0) is 31.4 Å². The standard InChI is InChI=1S/C31H42O10/c1-4-19(2)11-7-5-8-12-20(3)23(34)13-9-6-10-14-26(36)40-29-28(37)25(17-32)41-31(30(29)38)27-21(18-39-31)15-22(33)16-24(27)35/h5-6,8-10,12,14-16,19,23,25,28-30,32-35,37-38H,4,7,11,13,17-18H2,1-3H3/b8-5+,9-6+,14-10+,20-12+/t19?,23?,25-,28-,29+,30-,31+/m1/s1. The number of esters is 1. The van der Waals surface area contributed by atoms with E-state index < -0.39 is 54.6 Å². The first-order chi connectivity index (χ1) is 19.5. The molecule has 0 bridgehead atoms. The van der Waals surface area contributed by atoms with Crippen LogP contribution in [0, 0.1) is 5.92 Å². The number of allylic oxidation sites excluding steroid dienone is 5. The molecular weight excluding hydrogens is 532 g/mol. The fourth-order valence-corrected chi connectivity index (χ4v) is 4.82. The highest BCUT2D eigenvalue weighted by atomic mass is 16.7. The van der Waals surface area contributed by atoms with Gasteiger partial charge in [-0.3, -0.25) is 0 Å². The number of carbonyl (C=O) groups is 1. The Labute approximate surface area is 240 Å². The minimum Gasteiger partial charge on any atom is -0.508 e. The van der Waals surface area contributed by atoms with Gasteiger partial charge in [0, 0.05) is 12.1 Å². The summed E-state index contributed by atoms with van der Waals surface area (Å²) in [6.45, 7) is 5.40. The van der Waals surface area contributed by atoms with Crippen LogP contribution in [-0.4, -0.2) is 73.7 Å². The highest BCUT2D eigenvalue weighted by Crippen LogP contribution is 2.50. The van der Waals surface area contributed by atoms with Crippen LogP contribution in [0.1, 0.15) is 57.6 Å². The van der Waals surface area contributed by atoms with Crippen molar-refractivity contribution in [1.82, 2.24) is 0 Å². The molecule has 6 N–H and O–H groups in total. The van der Waals surface area contributed by atoms with Gasteiger partial charge >= 0.3 is 5.97 Å². The molecule has 2 aliphatic heterocycles. The number of carbonyl (C=O) groups excluding carboxylic acids is 1. The summed E-state index contributed by atoms with van der Waals surface area (Å²) in [5, 5.41) is 62.1. The van der Waals surface area contributed by atoms with Gasteiger partial charge in [0.05, 0.1) is 24.9 Å². The number of aromatic hydroxyl groups is 2. The van der Waals surface area contributed by atoms with Crippen LogP contribution in [0.25, 0.3) is 0 Å². The lowest BCUT2D eigenvalue weighted by Gasteiger charge is -2.47. The molecule has 1 saturated heterocycles. The minimum absolute atomic E-state index is 0.0113. The Morgan fingerprint density at radius 1 is 1.20 bits per heavy atom. The third-order valence-electron chi connectivity index (χ3n) is 7.53. The van der Waals surface area contributed by atoms with E-state index in [4.69, 9.17) is 14.2 Å². The monoisotopic (exact) mass is 574 g/mol. The van der Waals surface area contributed by atoms with Gasteiger partial charge in [-0.15, -0.1) is 0 Å². The molecule has 2 aliphatic rings. The molecule has 0 aliphatic carbocycles. The van der Waals surface area contributed by atoms with Gasteiger partial charge in [0.25, 0.3) is 0 Å². The number of phenols is 2. The van der Waals surface area contributed by atoms with Gasteiger partial charge in [-0.2, -0.15) is 0 Å². The summed E-state index contributed by atoms with van der Waals surface area (Å²) >= 11 is 0. The molecule has 0 amide bonds. The maximum absolute atomic E-state index is 12.5. The molecule has 7 atom stereocenters. The number of hydrogen-bond acceptors (Lipinski definition) is 10. The summed E-state index contributed by atoms with van der Waals surface area (Å²) < 4.78 is 16.7. The van der Waals surface area contributed by atoms with E-state index in [9.17, 15) is 35.4 Å². The van der Waals surface area contributed by atoms with Crippen LogP contribution < -0.4 is 0 Å². The number of phenolic OH excluding ortho intramolecular Hbond substituents is 2. The second kappa shape index (κ2) is 14.8. The highest BCUT2D eigenvalue weighted by molar-refractivity contribution is 5.82. The summed E-state index contributed by atoms with van der Waals surface area (Å²) in [4.78, 5) is 12.5. The van der Waals surface area contributed by atoms with Crippen molar-refractivity contribution in [1.29, 1.82) is 0 Å². The second-order valence-corrected chi connectivity index (χ2v) is 10.6. The van der Waals surface area contributed by atoms with E-state index in [1.54, 1.807) is 12.2 Å². The van der Waals surface area contributed by atoms with Crippen molar-refractivity contribution in [3.63, 3.8) is 0 Å². The second-order valence-electron chi connectivity index (χ2n) is 10.6. The molecule has 0 saturated carbocycles. The lowest BCUT2D eigenvalue weighted by Crippen LogP contribution is -2.64. The van der Waals surface area contributed by atoms with Crippen LogP contribution in [0.15, 0.2) is 60.2 Å². The molecule has 1 spiro atoms. The van der Waals surface area contributed by atoms with E-state index in [1.807, 2.05) is 19.1 Å². The first-order valence-corrected chi connectivity index (χ1v) is 13.9. The van der Waals surface area contributed by atoms with Gasteiger partial charge < -0.3 is 44.8 Å². The first-order valence-electron chi connectivity index (χ1n) is 13.9. The maximum atomic E-state index is 12.5. The fraction of sp³-hybridized carbons (Fsp3) is 0.516. The SMILES string of the molecule is CCC(C)CC/C=C/C=C(\C)C(O)C/C=C/C=C/C(=O)O[C@H]1[C@H](O)[C@@H](CO)O[C@]2(OCc3cc(O)cc(O)c32)[C@@H]1O. The van der Waals surface area contributed by atoms with Crippen molar-refractivity contribution in [2.75, 3.05) is 6.61 Å². The maximum Gasteiger partial charge on any atom is 0.331 e. The summed E-state index contributed by atoms with van der Waals surface area (Å²) in [6.07, 6.45) is 8.32. The van der Waals surface area contributed by atoms with Crippen molar-refractivity contribution in [3.05, 3.63) is 71.4 Å². The third-order valence-corrected chi connectivity index (χ3v) is 7.53. The van der Waals surface area contributed by atoms with E-state index in [0.717, 1.165) is 37.0 Å². The van der Waals surface area contributed by atoms with Crippen LogP contribution in [0.5, 0.6) is 11.5 Å². The first kappa shape index (κ1) is 32.5. The summed E-state index contributed by atoms with van der Waals surface area (Å²) in [6, 6.07) is 2.37. The van der Waals surface area contributed by atoms with Crippen LogP contribution in [0.3, 0.4) is 0 Å². The molecule has 3 rings (SSSR count). The molecule has 10 nitrogen and oxygen atoms in total. The minimum atomic E-state index is -2.04. The predicted octanol–water partition coefficient (Wildman–Crippen LogP) is 3.00. The number of fused-ring (bicyclic) bond motifs is 2. The van der Waals surface area contributed by atoms with Crippen LogP contribution >= 0.6 is 0 Å². The molecule has 2 heterocycles. The largest absolute Gasteiger partial charge is 0.508 e. The lowest BCUT2D eigenvalue weighted by atomic mass is 9.87. The summed E-state index contributed by atoms with van der Waals surface area (Å²) in [7, 11) is 0. The molecule has 0 aromatic heterocycles. The van der Waals surface area contributed by atoms with E-state index in [-0.39, 0.29) is 17.9 Å². The van der Waals surface area contributed by atoms with Crippen molar-refractivity contribution >= 4 is 5.97 Å². The number of aliphatic hydroxyl groups is 4. The van der Waals surface area contributed by atoms with E-state index in [1.165, 1.54) is 12.1 Å². The smallest absolute Gasteiger partial charge is 0.331 e. The van der Waals surface area contributed by atoms with E-state index in [0.29, 0.717) is 17.9 Å². The van der Waals surface area contributed by atoms with Crippen molar-refractivity contribution in [3.8, 4) is 11.5 Å². The van der Waals surface area contributed by atoms with Gasteiger partial charge in [-0.05, 0) is 49.3 Å². The Bertz CT molecular complexity index is 1160. The Morgan fingerprint density at radius 3 is 2.66 bits per heavy atom. The van der Waals surface area contributed by atoms with Crippen molar-refractivity contribution in [2.45, 2.75) is 89.4 Å². The van der Waals surface area contributed by atoms with E-state index >= 15 is 0 Å². The quantitative estimate of drug-likeness (QED) is 0.124. The Kier molecular flexibility index (Phi) is 11.7. The number of benzene rings is 1. The van der Waals surface area contributed by atoms with Gasteiger partial charge in [0.15, 0.2) is 12.2 Å². The number of rotatable bonds is 12. The van der Waals surface area contributed by atoms with Gasteiger partial charge in [0.1, 0.15) is 23.7 Å². The lowest BCUT2D eigenvalue weighted by molar-refractivity contribution is -0.369. The third kappa shape index (κ3) is 7.85. The Morgan fingerprint density at radius 2 is 1.95 bits per heavy atom. The topological polar surface area (TPSA) is 166 Å². The molecule has 41 heavy (non-hydrogen) atoms. The molecule has 10 heteroatoms. The molecule has 2 unspecified atom stereocenters. The predicted molar refractivity (Wildman–Crippen MR) is 151 cm³/mol. The average Bonchev–Trinajstić information content (AvgIpc) is 3.31. The zero-order valence-electron chi connectivity index (χ0n) is 23.7.